The van der Waals surface area contributed by atoms with Crippen molar-refractivity contribution >= 4 is 49.6 Å². The van der Waals surface area contributed by atoms with E-state index >= 15 is 0 Å². The van der Waals surface area contributed by atoms with Gasteiger partial charge in [-0.3, -0.25) is 9.59 Å². The summed E-state index contributed by atoms with van der Waals surface area (Å²) in [6.07, 6.45) is 1.13. The monoisotopic (exact) mass is 468 g/mol. The van der Waals surface area contributed by atoms with Crippen LogP contribution in [0.3, 0.4) is 0 Å². The zero-order chi connectivity index (χ0) is 23.8. The zero-order valence-corrected chi connectivity index (χ0v) is 18.6. The number of carboxylic acids is 1. The van der Waals surface area contributed by atoms with Gasteiger partial charge in [0, 0.05) is 5.39 Å². The maximum absolute atomic E-state index is 14.0. The summed E-state index contributed by atoms with van der Waals surface area (Å²) < 4.78 is 38.1. The molecule has 0 aliphatic heterocycles. The molecule has 0 radical (unpaired) electrons. The molecule has 2 aromatic carbocycles. The number of para-hydroxylation sites is 1. The van der Waals surface area contributed by atoms with Crippen molar-refractivity contribution in [1.82, 2.24) is 4.98 Å². The number of furan rings is 1. The number of carboxylic acid groups (broad SMARTS) is 1. The number of aromatic nitrogens is 1. The van der Waals surface area contributed by atoms with Gasteiger partial charge in [0.05, 0.1) is 35.5 Å². The highest BCUT2D eigenvalue weighted by atomic mass is 32.2. The fraction of sp³-hybridized carbons (Fsp3) is 0.174. The molecular formula is C23H20N2O7S. The molecule has 0 aliphatic rings. The van der Waals surface area contributed by atoms with Crippen molar-refractivity contribution in [2.75, 3.05) is 11.4 Å². The Labute approximate surface area is 189 Å². The average Bonchev–Trinajstić information content (AvgIpc) is 3.25. The molecule has 9 nitrogen and oxygen atoms in total. The van der Waals surface area contributed by atoms with Crippen LogP contribution < -0.4 is 9.04 Å². The Morgan fingerprint density at radius 2 is 1.79 bits per heavy atom. The van der Waals surface area contributed by atoms with Gasteiger partial charge in [0.2, 0.25) is 5.71 Å². The maximum Gasteiger partial charge on any atom is 0.323 e. The van der Waals surface area contributed by atoms with Crippen molar-refractivity contribution in [2.45, 2.75) is 18.6 Å². The third-order valence-electron chi connectivity index (χ3n) is 5.28. The molecule has 2 heterocycles. The number of sulfonamides is 1. The quantitative estimate of drug-likeness (QED) is 0.434. The van der Waals surface area contributed by atoms with Crippen LogP contribution in [0.5, 0.6) is 5.75 Å². The topological polar surface area (TPSA) is 127 Å². The van der Waals surface area contributed by atoms with E-state index in [9.17, 15) is 23.1 Å². The normalized spacial score (nSPS) is 12.5. The highest BCUT2D eigenvalue weighted by molar-refractivity contribution is 7.94. The molecule has 2 aromatic heterocycles. The van der Waals surface area contributed by atoms with Crippen LogP contribution in [0.25, 0.3) is 22.0 Å². The first-order valence-electron chi connectivity index (χ1n) is 10.0. The van der Waals surface area contributed by atoms with Crippen LogP contribution in [0.15, 0.2) is 65.3 Å². The summed E-state index contributed by atoms with van der Waals surface area (Å²) >= 11 is 0. The number of nitrogens with zero attached hydrogens (tertiary/aromatic N) is 2. The molecule has 0 aliphatic carbocycles. The summed E-state index contributed by atoms with van der Waals surface area (Å²) in [6, 6.07) is 14.0. The molecule has 10 heteroatoms. The van der Waals surface area contributed by atoms with Gasteiger partial charge < -0.3 is 14.3 Å². The standard InChI is InChI=1S/C23H20N2O7S/c1-3-19(23(27)28)33(29,30)25(14-8-10-15(31-2)11-9-14)22(26)20-16-6-4-5-7-18(16)24-21-17(20)12-13-32-21/h4-13,19H,3H2,1-2H3,(H,27,28). The van der Waals surface area contributed by atoms with Gasteiger partial charge in [-0.2, -0.15) is 0 Å². The Morgan fingerprint density at radius 1 is 1.09 bits per heavy atom. The lowest BCUT2D eigenvalue weighted by atomic mass is 10.0. The minimum Gasteiger partial charge on any atom is -0.497 e. The van der Waals surface area contributed by atoms with Gasteiger partial charge in [0.25, 0.3) is 15.9 Å². The van der Waals surface area contributed by atoms with Crippen molar-refractivity contribution < 1.29 is 32.3 Å². The lowest BCUT2D eigenvalue weighted by Crippen LogP contribution is -2.46. The summed E-state index contributed by atoms with van der Waals surface area (Å²) in [5.74, 6) is -2.01. The van der Waals surface area contributed by atoms with Gasteiger partial charge in [0.1, 0.15) is 5.75 Å². The van der Waals surface area contributed by atoms with Gasteiger partial charge in [0.15, 0.2) is 5.25 Å². The van der Waals surface area contributed by atoms with Crippen molar-refractivity contribution in [3.63, 3.8) is 0 Å². The van der Waals surface area contributed by atoms with E-state index in [0.29, 0.717) is 26.3 Å². The lowest BCUT2D eigenvalue weighted by Gasteiger charge is -2.26. The third kappa shape index (κ3) is 3.78. The molecule has 4 rings (SSSR count). The second-order valence-electron chi connectivity index (χ2n) is 7.19. The van der Waals surface area contributed by atoms with Crippen molar-refractivity contribution in [1.29, 1.82) is 0 Å². The van der Waals surface area contributed by atoms with Crippen LogP contribution >= 0.6 is 0 Å². The van der Waals surface area contributed by atoms with Gasteiger partial charge in [-0.15, -0.1) is 0 Å². The zero-order valence-electron chi connectivity index (χ0n) is 17.8. The SMILES string of the molecule is CCC(C(=O)O)S(=O)(=O)N(C(=O)c1c2ccccc2nc2occc12)c1ccc(OC)cc1. The second-order valence-corrected chi connectivity index (χ2v) is 9.16. The number of anilines is 1. The molecule has 4 aromatic rings. The molecule has 0 bridgehead atoms. The first kappa shape index (κ1) is 22.3. The molecule has 170 valence electrons. The molecule has 0 spiro atoms. The van der Waals surface area contributed by atoms with Crippen molar-refractivity contribution in [2.24, 2.45) is 0 Å². The van der Waals surface area contributed by atoms with Crippen LogP contribution in [0.4, 0.5) is 5.69 Å². The summed E-state index contributed by atoms with van der Waals surface area (Å²) in [5, 5.41) is 8.49. The average molecular weight is 468 g/mol. The number of methoxy groups -OCH3 is 1. The molecule has 1 atom stereocenters. The predicted octanol–water partition coefficient (Wildman–Crippen LogP) is 3.83. The summed E-state index contributed by atoms with van der Waals surface area (Å²) in [6.45, 7) is 1.43. The van der Waals surface area contributed by atoms with E-state index in [2.05, 4.69) is 4.98 Å². The number of ether oxygens (including phenoxy) is 1. The van der Waals surface area contributed by atoms with E-state index in [1.54, 1.807) is 24.3 Å². The molecule has 1 unspecified atom stereocenters. The highest BCUT2D eigenvalue weighted by Crippen LogP contribution is 2.32. The van der Waals surface area contributed by atoms with Crippen LogP contribution in [-0.2, 0) is 14.8 Å². The number of rotatable bonds is 7. The van der Waals surface area contributed by atoms with Crippen molar-refractivity contribution in [3.05, 3.63) is 66.4 Å². The first-order valence-corrected chi connectivity index (χ1v) is 11.5. The number of hydrogen-bond acceptors (Lipinski definition) is 7. The Kier molecular flexibility index (Phi) is 5.77. The van der Waals surface area contributed by atoms with E-state index in [1.807, 2.05) is 0 Å². The molecule has 0 saturated carbocycles. The number of hydrogen-bond donors (Lipinski definition) is 1. The number of carbonyl (C=O) groups excluding carboxylic acids is 1. The molecule has 1 N–H and O–H groups in total. The number of pyridine rings is 1. The number of fused-ring (bicyclic) bond motifs is 2. The van der Waals surface area contributed by atoms with Gasteiger partial charge in [-0.05, 0) is 42.8 Å². The van der Waals surface area contributed by atoms with Gasteiger partial charge in [-0.1, -0.05) is 25.1 Å². The Bertz CT molecular complexity index is 1460. The van der Waals surface area contributed by atoms with E-state index < -0.39 is 27.1 Å². The molecule has 33 heavy (non-hydrogen) atoms. The summed E-state index contributed by atoms with van der Waals surface area (Å²) in [7, 11) is -3.21. The fourth-order valence-electron chi connectivity index (χ4n) is 3.68. The number of amides is 1. The van der Waals surface area contributed by atoms with E-state index in [4.69, 9.17) is 9.15 Å². The largest absolute Gasteiger partial charge is 0.497 e. The molecule has 0 fully saturated rings. The van der Waals surface area contributed by atoms with Gasteiger partial charge in [-0.25, -0.2) is 17.7 Å². The molecule has 0 saturated heterocycles. The van der Waals surface area contributed by atoms with E-state index in [-0.39, 0.29) is 23.4 Å². The predicted molar refractivity (Wildman–Crippen MR) is 122 cm³/mol. The summed E-state index contributed by atoms with van der Waals surface area (Å²) in [5.41, 5.74) is 0.622. The molecular weight excluding hydrogens is 448 g/mol. The van der Waals surface area contributed by atoms with E-state index in [1.165, 1.54) is 50.6 Å². The Balaban J connectivity index is 2.01. The minimum atomic E-state index is -4.66. The Hall–Kier alpha value is -3.92. The van der Waals surface area contributed by atoms with Gasteiger partial charge >= 0.3 is 5.97 Å². The van der Waals surface area contributed by atoms with Crippen LogP contribution in [0.1, 0.15) is 23.7 Å². The first-order chi connectivity index (χ1) is 15.8. The van der Waals surface area contributed by atoms with Crippen molar-refractivity contribution in [3.8, 4) is 5.75 Å². The third-order valence-corrected chi connectivity index (χ3v) is 7.41. The molecule has 1 amide bonds. The van der Waals surface area contributed by atoms with Crippen LogP contribution in [0.2, 0.25) is 0 Å². The number of carbonyl (C=O) groups is 2. The summed E-state index contributed by atoms with van der Waals surface area (Å²) in [4.78, 5) is 30.1. The lowest BCUT2D eigenvalue weighted by molar-refractivity contribution is -0.136. The smallest absolute Gasteiger partial charge is 0.323 e. The highest BCUT2D eigenvalue weighted by Gasteiger charge is 2.41. The Morgan fingerprint density at radius 3 is 2.42 bits per heavy atom. The fourth-order valence-corrected chi connectivity index (χ4v) is 5.35. The number of benzene rings is 2. The second kappa shape index (κ2) is 8.55. The van der Waals surface area contributed by atoms with Crippen LogP contribution in [0, 0.1) is 0 Å². The number of aliphatic carboxylic acids is 1. The van der Waals surface area contributed by atoms with Crippen LogP contribution in [-0.4, -0.2) is 42.7 Å². The van der Waals surface area contributed by atoms with E-state index in [0.717, 1.165) is 0 Å². The minimum absolute atomic E-state index is 0.0157. The maximum atomic E-state index is 14.0.